The van der Waals surface area contributed by atoms with Crippen molar-refractivity contribution in [1.82, 2.24) is 0 Å². The molecule has 3 saturated heterocycles. The smallest absolute Gasteiger partial charge is 0.284 e. The van der Waals surface area contributed by atoms with Gasteiger partial charge in [0.25, 0.3) is 5.97 Å². The number of hydrogen-bond acceptors (Lipinski definition) is 10. The zero-order chi connectivity index (χ0) is 43.4. The van der Waals surface area contributed by atoms with Crippen molar-refractivity contribution in [1.29, 1.82) is 0 Å². The first kappa shape index (κ1) is 49.7. The number of hydrogen-bond donors (Lipinski definition) is 3. The van der Waals surface area contributed by atoms with Gasteiger partial charge < -0.3 is 48.3 Å². The Bertz CT molecular complexity index is 1700. The van der Waals surface area contributed by atoms with Crippen LogP contribution in [0.1, 0.15) is 71.6 Å². The largest absolute Gasteiger partial charge is 0.371 e. The maximum atomic E-state index is 12.0. The summed E-state index contributed by atoms with van der Waals surface area (Å²) in [7, 11) is -2.19. The predicted octanol–water partition coefficient (Wildman–Crippen LogP) is 9.07. The van der Waals surface area contributed by atoms with E-state index in [0.717, 1.165) is 23.1 Å². The predicted molar refractivity (Wildman–Crippen MR) is 236 cm³/mol. The van der Waals surface area contributed by atoms with Crippen LogP contribution in [0.3, 0.4) is 0 Å². The molecule has 3 heterocycles. The number of benzene rings is 3. The van der Waals surface area contributed by atoms with E-state index in [1.165, 1.54) is 0 Å². The summed E-state index contributed by atoms with van der Waals surface area (Å²) >= 11 is 3.40. The Balaban J connectivity index is 0.000000197. The summed E-state index contributed by atoms with van der Waals surface area (Å²) in [5.74, 6) is -3.17. The second kappa shape index (κ2) is 22.4. The molecule has 3 aromatic carbocycles. The number of halogens is 1. The van der Waals surface area contributed by atoms with Crippen LogP contribution in [-0.4, -0.2) is 89.2 Å². The van der Waals surface area contributed by atoms with E-state index in [0.29, 0.717) is 37.2 Å². The average Bonchev–Trinajstić information content (AvgIpc) is 3.68. The van der Waals surface area contributed by atoms with Gasteiger partial charge in [-0.05, 0) is 54.2 Å². The summed E-state index contributed by atoms with van der Waals surface area (Å²) in [6.07, 6.45) is 1.36. The fraction of sp³-hybridized carbons (Fsp3) is 0.617. The number of alkyl halides is 1. The van der Waals surface area contributed by atoms with Gasteiger partial charge in [0, 0.05) is 29.2 Å². The summed E-state index contributed by atoms with van der Waals surface area (Å²) < 4.78 is 46.2. The zero-order valence-corrected chi connectivity index (χ0v) is 39.0. The van der Waals surface area contributed by atoms with Crippen LogP contribution >= 0.6 is 23.1 Å². The van der Waals surface area contributed by atoms with Crippen LogP contribution < -0.4 is 0 Å². The van der Waals surface area contributed by atoms with Crippen molar-refractivity contribution in [2.75, 3.05) is 38.0 Å². The van der Waals surface area contributed by atoms with E-state index < -0.39 is 24.7 Å². The molecule has 0 amide bonds. The number of ether oxygens (including phenoxy) is 6. The van der Waals surface area contributed by atoms with Gasteiger partial charge >= 0.3 is 0 Å². The van der Waals surface area contributed by atoms with E-state index >= 15 is 0 Å². The molecule has 3 aliphatic heterocycles. The highest BCUT2D eigenvalue weighted by Crippen LogP contribution is 2.47. The molecule has 0 aromatic heterocycles. The average molecular weight is 906 g/mol. The van der Waals surface area contributed by atoms with Crippen molar-refractivity contribution in [2.45, 2.75) is 111 Å². The Morgan fingerprint density at radius 1 is 0.593 bits per heavy atom. The van der Waals surface area contributed by atoms with Crippen molar-refractivity contribution in [2.24, 2.45) is 35.5 Å². The van der Waals surface area contributed by atoms with Crippen LogP contribution in [0.25, 0.3) is 0 Å². The molecule has 3 aliphatic rings. The summed E-state index contributed by atoms with van der Waals surface area (Å²) in [6, 6.07) is 29.6. The Hall–Kier alpha value is -1.99. The van der Waals surface area contributed by atoms with Gasteiger partial charge in [-0.2, -0.15) is 0 Å². The van der Waals surface area contributed by atoms with Crippen molar-refractivity contribution in [3.05, 3.63) is 108 Å². The fourth-order valence-corrected chi connectivity index (χ4v) is 9.80. The Kier molecular flexibility index (Phi) is 18.8. The van der Waals surface area contributed by atoms with Crippen molar-refractivity contribution < 1.29 is 48.3 Å². The minimum absolute atomic E-state index is 0.0132. The Labute approximate surface area is 361 Å². The third kappa shape index (κ3) is 14.0. The molecule has 0 radical (unpaired) electrons. The van der Waals surface area contributed by atoms with Gasteiger partial charge in [0.15, 0.2) is 11.6 Å². The van der Waals surface area contributed by atoms with Gasteiger partial charge in [0.05, 0.1) is 45.3 Å². The van der Waals surface area contributed by atoms with Crippen molar-refractivity contribution in [3.8, 4) is 0 Å². The highest BCUT2D eigenvalue weighted by Gasteiger charge is 2.52. The lowest BCUT2D eigenvalue weighted by molar-refractivity contribution is -0.368. The molecule has 10 nitrogen and oxygen atoms in total. The van der Waals surface area contributed by atoms with E-state index in [2.05, 4.69) is 36.7 Å². The minimum Gasteiger partial charge on any atom is -0.371 e. The summed E-state index contributed by atoms with van der Waals surface area (Å²) in [6.45, 7) is 19.5. The SMILES string of the molecule is CC1C(C)[C@@](O)(COCc2ccccc2)O[C@@H]1CP(C)(C)=O.CC1C(C)[C@@](O)(OCc2ccccc2)O[C@@H]1CBr.CC[C@H]1O[C@](O)(COCc2ccccc2)C(C)C1C. The van der Waals surface area contributed by atoms with E-state index in [9.17, 15) is 19.9 Å². The first-order chi connectivity index (χ1) is 27.8. The van der Waals surface area contributed by atoms with Gasteiger partial charge in [0.1, 0.15) is 13.2 Å². The van der Waals surface area contributed by atoms with E-state index in [-0.39, 0.29) is 61.1 Å². The van der Waals surface area contributed by atoms with Crippen LogP contribution in [0.5, 0.6) is 0 Å². The molecule has 6 rings (SSSR count). The zero-order valence-electron chi connectivity index (χ0n) is 36.5. The molecule has 0 aliphatic carbocycles. The summed E-state index contributed by atoms with van der Waals surface area (Å²) in [5.41, 5.74) is 3.20. The molecule has 12 atom stereocenters. The van der Waals surface area contributed by atoms with Gasteiger partial charge in [-0.25, -0.2) is 0 Å². The van der Waals surface area contributed by atoms with E-state index in [1.807, 2.05) is 119 Å². The van der Waals surface area contributed by atoms with Crippen LogP contribution in [0.15, 0.2) is 91.0 Å². The Morgan fingerprint density at radius 2 is 0.983 bits per heavy atom. The minimum atomic E-state index is -2.19. The number of rotatable bonds is 15. The van der Waals surface area contributed by atoms with Crippen LogP contribution in [0.2, 0.25) is 0 Å². The molecule has 0 spiro atoms. The maximum absolute atomic E-state index is 12.0. The first-order valence-corrected chi connectivity index (χ1v) is 25.0. The molecule has 3 fully saturated rings. The van der Waals surface area contributed by atoms with Crippen molar-refractivity contribution in [3.63, 3.8) is 0 Å². The molecule has 12 heteroatoms. The molecule has 0 saturated carbocycles. The molecule has 0 bridgehead atoms. The summed E-state index contributed by atoms with van der Waals surface area (Å²) in [4.78, 5) is 0. The molecular weight excluding hydrogens is 835 g/mol. The standard InChI is InChI=1S/C17H27O4P.C16H24O3.C14H19BrO3/c1-13-14(2)17(18,21-16(13)11-22(3,4)19)12-20-10-15-8-6-5-7-9-15;1-4-15-12(2)13(3)16(17,19-15)11-18-10-14-8-6-5-7-9-14;1-10-11(2)14(16,18-13(10)8-15)17-9-12-6-4-3-5-7-12/h5-9,13-14,16,18H,10-12H2,1-4H3;5-9,12-13,15,17H,4,10-11H2,1-3H3;3-7,10-11,13,16H,8-9H2,1-2H3/t13?,14?,16-,17-;12?,13?,15-,16-;10?,11?,13-,14-/m111/s1. The topological polar surface area (TPSA) is 133 Å². The molecule has 3 aromatic rings. The van der Waals surface area contributed by atoms with Crippen LogP contribution in [-0.2, 0) is 52.8 Å². The third-order valence-corrected chi connectivity index (χ3v) is 14.3. The second-order valence-corrected chi connectivity index (χ2v) is 21.4. The first-order valence-electron chi connectivity index (χ1n) is 21.1. The molecule has 6 unspecified atom stereocenters. The highest BCUT2D eigenvalue weighted by atomic mass is 79.9. The van der Waals surface area contributed by atoms with E-state index in [4.69, 9.17) is 28.4 Å². The second-order valence-electron chi connectivity index (χ2n) is 17.3. The maximum Gasteiger partial charge on any atom is 0.284 e. The lowest BCUT2D eigenvalue weighted by atomic mass is 9.88. The molecule has 330 valence electrons. The van der Waals surface area contributed by atoms with Crippen molar-refractivity contribution >= 4 is 23.1 Å². The fourth-order valence-electron chi connectivity index (χ4n) is 7.80. The Morgan fingerprint density at radius 3 is 1.36 bits per heavy atom. The monoisotopic (exact) mass is 904 g/mol. The lowest BCUT2D eigenvalue weighted by Gasteiger charge is -2.27. The van der Waals surface area contributed by atoms with Gasteiger partial charge in [-0.3, -0.25) is 0 Å². The van der Waals surface area contributed by atoms with Crippen LogP contribution in [0.4, 0.5) is 0 Å². The summed E-state index contributed by atoms with van der Waals surface area (Å²) in [5, 5.41) is 32.4. The number of aliphatic hydroxyl groups is 3. The normalized spacial score (nSPS) is 34.2. The lowest BCUT2D eigenvalue weighted by Crippen LogP contribution is -2.40. The molecular formula is C47H70BrO10P. The van der Waals surface area contributed by atoms with Gasteiger partial charge in [-0.15, -0.1) is 0 Å². The van der Waals surface area contributed by atoms with Gasteiger partial charge in [-0.1, -0.05) is 155 Å². The highest BCUT2D eigenvalue weighted by molar-refractivity contribution is 9.09. The molecule has 3 N–H and O–H groups in total. The van der Waals surface area contributed by atoms with E-state index in [1.54, 1.807) is 13.3 Å². The quantitative estimate of drug-likeness (QED) is 0.0771. The van der Waals surface area contributed by atoms with Crippen LogP contribution in [0, 0.1) is 35.5 Å². The molecule has 59 heavy (non-hydrogen) atoms. The third-order valence-electron chi connectivity index (χ3n) is 12.5. The van der Waals surface area contributed by atoms with Gasteiger partial charge in [0.2, 0.25) is 0 Å².